The molecule has 2 heterocycles. The van der Waals surface area contributed by atoms with Gasteiger partial charge in [0.1, 0.15) is 12.0 Å². The molecule has 0 aliphatic heterocycles. The minimum Gasteiger partial charge on any atom is -0.364 e. The van der Waals surface area contributed by atoms with Crippen LogP contribution in [0.2, 0.25) is 0 Å². The minimum atomic E-state index is -0.661. The van der Waals surface area contributed by atoms with Crippen molar-refractivity contribution >= 4 is 32.2 Å². The van der Waals surface area contributed by atoms with E-state index in [9.17, 15) is 9.59 Å². The number of pyridine rings is 1. The van der Waals surface area contributed by atoms with Gasteiger partial charge in [-0.3, -0.25) is 14.6 Å². The van der Waals surface area contributed by atoms with Crippen LogP contribution in [-0.4, -0.2) is 26.8 Å². The second kappa shape index (κ2) is 12.0. The van der Waals surface area contributed by atoms with Gasteiger partial charge >= 0.3 is 0 Å². The SMILES string of the molecule is NC(=O)/C(NC(=O)C1CCCCCC1)=C(\Br)c1ccncc1.c1cncnc1. The van der Waals surface area contributed by atoms with Crippen LogP contribution in [0.15, 0.2) is 55.0 Å². The number of amides is 2. The minimum absolute atomic E-state index is 0.0467. The van der Waals surface area contributed by atoms with E-state index in [1.54, 1.807) is 43.0 Å². The molecule has 0 bridgehead atoms. The van der Waals surface area contributed by atoms with Crippen molar-refractivity contribution in [2.24, 2.45) is 11.7 Å². The summed E-state index contributed by atoms with van der Waals surface area (Å²) in [5.41, 5.74) is 6.26. The van der Waals surface area contributed by atoms with Gasteiger partial charge < -0.3 is 11.1 Å². The van der Waals surface area contributed by atoms with Crippen LogP contribution in [0.3, 0.4) is 0 Å². The predicted molar refractivity (Wildman–Crippen MR) is 111 cm³/mol. The summed E-state index contributed by atoms with van der Waals surface area (Å²) >= 11 is 3.36. The Balaban J connectivity index is 0.000000397. The summed E-state index contributed by atoms with van der Waals surface area (Å²) in [5, 5.41) is 2.71. The number of hydrogen-bond acceptors (Lipinski definition) is 5. The predicted octanol–water partition coefficient (Wildman–Crippen LogP) is 3.19. The van der Waals surface area contributed by atoms with Crippen LogP contribution in [0.1, 0.15) is 44.1 Å². The number of carbonyl (C=O) groups excluding carboxylic acids is 2. The third kappa shape index (κ3) is 7.19. The largest absolute Gasteiger partial charge is 0.364 e. The van der Waals surface area contributed by atoms with Crippen LogP contribution in [0, 0.1) is 5.92 Å². The van der Waals surface area contributed by atoms with Crippen molar-refractivity contribution in [3.63, 3.8) is 0 Å². The zero-order chi connectivity index (χ0) is 20.2. The molecule has 2 aromatic rings. The Morgan fingerprint density at radius 2 is 1.57 bits per heavy atom. The van der Waals surface area contributed by atoms with Crippen molar-refractivity contribution in [3.8, 4) is 0 Å². The first-order valence-corrected chi connectivity index (χ1v) is 9.99. The van der Waals surface area contributed by atoms with Crippen molar-refractivity contribution in [1.29, 1.82) is 0 Å². The third-order valence-electron chi connectivity index (χ3n) is 4.35. The van der Waals surface area contributed by atoms with Crippen molar-refractivity contribution in [1.82, 2.24) is 20.3 Å². The summed E-state index contributed by atoms with van der Waals surface area (Å²) in [6.07, 6.45) is 14.3. The molecule has 0 spiro atoms. The molecule has 3 rings (SSSR count). The van der Waals surface area contributed by atoms with Crippen molar-refractivity contribution < 1.29 is 9.59 Å². The first kappa shape index (κ1) is 21.7. The van der Waals surface area contributed by atoms with Crippen molar-refractivity contribution in [3.05, 3.63) is 60.6 Å². The lowest BCUT2D eigenvalue weighted by Crippen LogP contribution is -2.35. The maximum atomic E-state index is 12.4. The number of rotatable bonds is 4. The summed E-state index contributed by atoms with van der Waals surface area (Å²) in [5.74, 6) is -0.832. The lowest BCUT2D eigenvalue weighted by atomic mass is 9.99. The van der Waals surface area contributed by atoms with E-state index in [0.717, 1.165) is 31.2 Å². The zero-order valence-electron chi connectivity index (χ0n) is 15.6. The average Bonchev–Trinajstić information content (AvgIpc) is 3.03. The highest BCUT2D eigenvalue weighted by molar-refractivity contribution is 9.15. The van der Waals surface area contributed by atoms with Crippen molar-refractivity contribution in [2.75, 3.05) is 0 Å². The molecule has 148 valence electrons. The van der Waals surface area contributed by atoms with Crippen LogP contribution < -0.4 is 11.1 Å². The van der Waals surface area contributed by atoms with Crippen molar-refractivity contribution in [2.45, 2.75) is 38.5 Å². The quantitative estimate of drug-likeness (QED) is 0.554. The lowest BCUT2D eigenvalue weighted by molar-refractivity contribution is -0.126. The Morgan fingerprint density at radius 1 is 0.964 bits per heavy atom. The number of carbonyl (C=O) groups is 2. The molecule has 1 aliphatic carbocycles. The Kier molecular flexibility index (Phi) is 9.27. The molecular formula is C20H24BrN5O2. The van der Waals surface area contributed by atoms with Crippen LogP contribution in [-0.2, 0) is 9.59 Å². The Bertz CT molecular complexity index is 749. The van der Waals surface area contributed by atoms with E-state index < -0.39 is 5.91 Å². The number of halogens is 1. The van der Waals surface area contributed by atoms with Gasteiger partial charge in [-0.1, -0.05) is 25.7 Å². The second-order valence-electron chi connectivity index (χ2n) is 6.37. The highest BCUT2D eigenvalue weighted by Crippen LogP contribution is 2.26. The summed E-state index contributed by atoms with van der Waals surface area (Å²) in [7, 11) is 0. The molecule has 0 radical (unpaired) electrons. The van der Waals surface area contributed by atoms with Gasteiger partial charge in [-0.2, -0.15) is 0 Å². The van der Waals surface area contributed by atoms with Crippen LogP contribution in [0.25, 0.3) is 4.48 Å². The molecule has 1 fully saturated rings. The lowest BCUT2D eigenvalue weighted by Gasteiger charge is -2.16. The molecule has 0 atom stereocenters. The van der Waals surface area contributed by atoms with Gasteiger partial charge in [0.15, 0.2) is 0 Å². The van der Waals surface area contributed by atoms with Gasteiger partial charge in [0.05, 0.1) is 4.48 Å². The molecule has 1 aliphatic rings. The van der Waals surface area contributed by atoms with E-state index in [1.807, 2.05) is 0 Å². The molecular weight excluding hydrogens is 422 g/mol. The maximum Gasteiger partial charge on any atom is 0.266 e. The smallest absolute Gasteiger partial charge is 0.266 e. The van der Waals surface area contributed by atoms with E-state index in [2.05, 4.69) is 36.2 Å². The van der Waals surface area contributed by atoms with Gasteiger partial charge in [0, 0.05) is 30.7 Å². The summed E-state index contributed by atoms with van der Waals surface area (Å²) in [6, 6.07) is 5.26. The number of nitrogens with zero attached hydrogens (tertiary/aromatic N) is 3. The molecule has 2 aromatic heterocycles. The van der Waals surface area contributed by atoms with Gasteiger partial charge in [0.2, 0.25) is 5.91 Å². The first-order chi connectivity index (χ1) is 13.6. The average molecular weight is 446 g/mol. The fraction of sp³-hybridized carbons (Fsp3) is 0.350. The highest BCUT2D eigenvalue weighted by Gasteiger charge is 2.23. The monoisotopic (exact) mass is 445 g/mol. The topological polar surface area (TPSA) is 111 Å². The van der Waals surface area contributed by atoms with E-state index in [1.165, 1.54) is 19.2 Å². The molecule has 0 aromatic carbocycles. The standard InChI is InChI=1S/C16H20BrN3O2.C4H4N2/c17-13(11-7-9-19-10-8-11)14(15(18)21)20-16(22)12-5-3-1-2-4-6-12;1-2-5-4-6-3-1/h7-10,12H,1-6H2,(H2,18,21)(H,20,22);1-4H/b14-13+;. The third-order valence-corrected chi connectivity index (χ3v) is 5.21. The molecule has 1 saturated carbocycles. The molecule has 2 amide bonds. The number of primary amides is 1. The zero-order valence-corrected chi connectivity index (χ0v) is 17.1. The normalized spacial score (nSPS) is 15.3. The molecule has 0 saturated heterocycles. The fourth-order valence-corrected chi connectivity index (χ4v) is 3.45. The highest BCUT2D eigenvalue weighted by atomic mass is 79.9. The van der Waals surface area contributed by atoms with Crippen LogP contribution in [0.5, 0.6) is 0 Å². The molecule has 0 unspecified atom stereocenters. The van der Waals surface area contributed by atoms with E-state index in [4.69, 9.17) is 5.73 Å². The Morgan fingerprint density at radius 3 is 2.04 bits per heavy atom. The number of nitrogens with one attached hydrogen (secondary N) is 1. The number of hydrogen-bond donors (Lipinski definition) is 2. The molecule has 3 N–H and O–H groups in total. The van der Waals surface area contributed by atoms with E-state index >= 15 is 0 Å². The summed E-state index contributed by atoms with van der Waals surface area (Å²) in [4.78, 5) is 35.4. The van der Waals surface area contributed by atoms with Crippen LogP contribution in [0.4, 0.5) is 0 Å². The molecule has 7 nitrogen and oxygen atoms in total. The number of aromatic nitrogens is 3. The van der Waals surface area contributed by atoms with Gasteiger partial charge in [-0.05, 0) is 52.5 Å². The van der Waals surface area contributed by atoms with Gasteiger partial charge in [-0.15, -0.1) is 0 Å². The fourth-order valence-electron chi connectivity index (χ4n) is 2.89. The van der Waals surface area contributed by atoms with Crippen LogP contribution >= 0.6 is 15.9 Å². The Labute approximate surface area is 173 Å². The van der Waals surface area contributed by atoms with E-state index in [-0.39, 0.29) is 17.5 Å². The van der Waals surface area contributed by atoms with Gasteiger partial charge in [0.25, 0.3) is 5.91 Å². The summed E-state index contributed by atoms with van der Waals surface area (Å²) in [6.45, 7) is 0. The summed E-state index contributed by atoms with van der Waals surface area (Å²) < 4.78 is 0.476. The number of nitrogens with two attached hydrogens (primary N) is 1. The Hall–Kier alpha value is -2.61. The molecule has 8 heteroatoms. The van der Waals surface area contributed by atoms with E-state index in [0.29, 0.717) is 4.48 Å². The molecule has 28 heavy (non-hydrogen) atoms. The van der Waals surface area contributed by atoms with Gasteiger partial charge in [-0.25, -0.2) is 9.97 Å². The second-order valence-corrected chi connectivity index (χ2v) is 7.16. The maximum absolute atomic E-state index is 12.4. The first-order valence-electron chi connectivity index (χ1n) is 9.20.